The molecule has 11 heteroatoms. The van der Waals surface area contributed by atoms with Crippen molar-refractivity contribution in [2.45, 2.75) is 107 Å². The van der Waals surface area contributed by atoms with Crippen LogP contribution in [0.4, 0.5) is 0 Å². The average Bonchev–Trinajstić information content (AvgIpc) is 3.68. The molecule has 3 saturated heterocycles. The fraction of sp³-hybridized carbons (Fsp3) is 0.622. The summed E-state index contributed by atoms with van der Waals surface area (Å²) in [6.45, 7) is 15.4. The third-order valence-corrected chi connectivity index (χ3v) is 11.3. The lowest BCUT2D eigenvalue weighted by Gasteiger charge is -2.42. The molecule has 0 saturated carbocycles. The summed E-state index contributed by atoms with van der Waals surface area (Å²) < 4.78 is 12.3. The van der Waals surface area contributed by atoms with E-state index >= 15 is 0 Å². The molecule has 4 rings (SSSR count). The number of carbonyl (C=O) groups is 4. The number of carbonyl (C=O) groups excluding carboxylic acids is 4. The SMILES string of the molecule is C=CCCC(=O)OC[C@H](NC(=O)[C@H]1[C@@H]2O[C@@]3(CC2Br)[C@@H]1C(=O)N([C@@H](CO)[C@@H](C)CC)[C@@H]3C(=O)N(CC=C)C(C)CCC)c1ccccc1. The van der Waals surface area contributed by atoms with Crippen LogP contribution in [0.2, 0.25) is 0 Å². The second-order valence-electron chi connectivity index (χ2n) is 13.4. The van der Waals surface area contributed by atoms with Crippen molar-refractivity contribution in [3.63, 3.8) is 0 Å². The van der Waals surface area contributed by atoms with Gasteiger partial charge in [-0.1, -0.05) is 92.0 Å². The summed E-state index contributed by atoms with van der Waals surface area (Å²) in [6.07, 6.45) is 5.97. The number of aliphatic hydroxyl groups excluding tert-OH is 1. The van der Waals surface area contributed by atoms with Crippen LogP contribution in [0.15, 0.2) is 55.6 Å². The van der Waals surface area contributed by atoms with E-state index in [-0.39, 0.29) is 48.2 Å². The van der Waals surface area contributed by atoms with Crippen LogP contribution >= 0.6 is 15.9 Å². The van der Waals surface area contributed by atoms with Crippen LogP contribution in [0.5, 0.6) is 0 Å². The summed E-state index contributed by atoms with van der Waals surface area (Å²) in [5.74, 6) is -3.42. The second-order valence-corrected chi connectivity index (χ2v) is 14.6. The topological polar surface area (TPSA) is 125 Å². The molecule has 2 bridgehead atoms. The molecule has 3 amide bonds. The van der Waals surface area contributed by atoms with Gasteiger partial charge in [0.2, 0.25) is 17.7 Å². The lowest BCUT2D eigenvalue weighted by Crippen LogP contribution is -2.61. The van der Waals surface area contributed by atoms with Crippen molar-refractivity contribution in [1.29, 1.82) is 0 Å². The lowest BCUT2D eigenvalue weighted by molar-refractivity contribution is -0.154. The minimum atomic E-state index is -1.28. The van der Waals surface area contributed by atoms with Crippen molar-refractivity contribution in [3.05, 3.63) is 61.2 Å². The van der Waals surface area contributed by atoms with E-state index in [0.29, 0.717) is 25.8 Å². The Labute approximate surface area is 293 Å². The number of aliphatic hydroxyl groups is 1. The van der Waals surface area contributed by atoms with E-state index < -0.39 is 53.5 Å². The highest BCUT2D eigenvalue weighted by Gasteiger charge is 2.77. The molecule has 2 N–H and O–H groups in total. The van der Waals surface area contributed by atoms with Gasteiger partial charge in [-0.15, -0.1) is 13.2 Å². The van der Waals surface area contributed by atoms with Gasteiger partial charge in [0.05, 0.1) is 36.6 Å². The Hall–Kier alpha value is -3.02. The Balaban J connectivity index is 1.74. The Morgan fingerprint density at radius 2 is 1.92 bits per heavy atom. The molecule has 3 heterocycles. The Kier molecular flexibility index (Phi) is 13.1. The number of hydrogen-bond donors (Lipinski definition) is 2. The third kappa shape index (κ3) is 7.28. The van der Waals surface area contributed by atoms with Gasteiger partial charge in [0, 0.05) is 23.8 Å². The van der Waals surface area contributed by atoms with Crippen LogP contribution in [-0.4, -0.2) is 93.0 Å². The molecule has 10 nitrogen and oxygen atoms in total. The number of allylic oxidation sites excluding steroid dienone is 1. The van der Waals surface area contributed by atoms with E-state index in [1.54, 1.807) is 22.0 Å². The number of rotatable bonds is 18. The molecule has 3 aliphatic rings. The van der Waals surface area contributed by atoms with E-state index in [0.717, 1.165) is 18.4 Å². The highest BCUT2D eigenvalue weighted by atomic mass is 79.9. The molecule has 3 aliphatic heterocycles. The van der Waals surface area contributed by atoms with Crippen LogP contribution < -0.4 is 5.32 Å². The van der Waals surface area contributed by atoms with Crippen LogP contribution in [0, 0.1) is 17.8 Å². The van der Waals surface area contributed by atoms with Gasteiger partial charge in [-0.2, -0.15) is 0 Å². The molecule has 48 heavy (non-hydrogen) atoms. The second kappa shape index (κ2) is 16.6. The molecule has 0 radical (unpaired) electrons. The van der Waals surface area contributed by atoms with Gasteiger partial charge in [-0.25, -0.2) is 0 Å². The van der Waals surface area contributed by atoms with Crippen molar-refractivity contribution in [1.82, 2.24) is 15.1 Å². The number of likely N-dealkylation sites (tertiary alicyclic amines) is 1. The maximum atomic E-state index is 14.8. The van der Waals surface area contributed by atoms with Crippen molar-refractivity contribution < 1.29 is 33.8 Å². The smallest absolute Gasteiger partial charge is 0.306 e. The fourth-order valence-electron chi connectivity index (χ4n) is 7.82. The average molecular weight is 731 g/mol. The molecule has 1 aromatic carbocycles. The normalized spacial score (nSPS) is 28.2. The van der Waals surface area contributed by atoms with Gasteiger partial charge < -0.3 is 29.7 Å². The predicted octanol–water partition coefficient (Wildman–Crippen LogP) is 4.71. The number of halogens is 1. The number of ether oxygens (including phenoxy) is 2. The zero-order chi connectivity index (χ0) is 35.2. The molecular formula is C37H52BrN3O7. The van der Waals surface area contributed by atoms with E-state index in [1.807, 2.05) is 51.1 Å². The molecule has 0 aliphatic carbocycles. The number of esters is 1. The van der Waals surface area contributed by atoms with Crippen LogP contribution in [0.1, 0.15) is 77.8 Å². The van der Waals surface area contributed by atoms with Gasteiger partial charge in [0.15, 0.2) is 0 Å². The zero-order valence-electron chi connectivity index (χ0n) is 28.7. The molecule has 1 spiro atoms. The largest absolute Gasteiger partial charge is 0.463 e. The van der Waals surface area contributed by atoms with E-state index in [4.69, 9.17) is 9.47 Å². The number of fused-ring (bicyclic) bond motifs is 1. The van der Waals surface area contributed by atoms with Crippen molar-refractivity contribution >= 4 is 39.6 Å². The number of amides is 3. The van der Waals surface area contributed by atoms with E-state index in [1.165, 1.54) is 0 Å². The summed E-state index contributed by atoms with van der Waals surface area (Å²) in [5, 5.41) is 13.8. The van der Waals surface area contributed by atoms with Crippen molar-refractivity contribution in [3.8, 4) is 0 Å². The first-order chi connectivity index (χ1) is 23.0. The van der Waals surface area contributed by atoms with Gasteiger partial charge in [-0.05, 0) is 37.7 Å². The summed E-state index contributed by atoms with van der Waals surface area (Å²) in [5.41, 5.74) is -0.535. The Bertz CT molecular complexity index is 1330. The maximum Gasteiger partial charge on any atom is 0.306 e. The quantitative estimate of drug-likeness (QED) is 0.127. The molecule has 1 aromatic rings. The van der Waals surface area contributed by atoms with E-state index in [2.05, 4.69) is 41.3 Å². The summed E-state index contributed by atoms with van der Waals surface area (Å²) >= 11 is 3.75. The fourth-order valence-corrected chi connectivity index (χ4v) is 8.76. The monoisotopic (exact) mass is 729 g/mol. The summed E-state index contributed by atoms with van der Waals surface area (Å²) in [6, 6.07) is 6.75. The number of hydrogen-bond acceptors (Lipinski definition) is 7. The minimum absolute atomic E-state index is 0.0921. The van der Waals surface area contributed by atoms with Gasteiger partial charge in [0.25, 0.3) is 0 Å². The van der Waals surface area contributed by atoms with Crippen molar-refractivity contribution in [2.24, 2.45) is 17.8 Å². The van der Waals surface area contributed by atoms with Gasteiger partial charge in [-0.3, -0.25) is 19.2 Å². The first kappa shape index (κ1) is 37.8. The van der Waals surface area contributed by atoms with Gasteiger partial charge in [0.1, 0.15) is 18.2 Å². The van der Waals surface area contributed by atoms with Crippen molar-refractivity contribution in [2.75, 3.05) is 19.8 Å². The van der Waals surface area contributed by atoms with Crippen LogP contribution in [0.25, 0.3) is 0 Å². The molecule has 3 fully saturated rings. The highest BCUT2D eigenvalue weighted by molar-refractivity contribution is 9.09. The number of nitrogens with zero attached hydrogens (tertiary/aromatic N) is 2. The lowest BCUT2D eigenvalue weighted by atomic mass is 9.70. The summed E-state index contributed by atoms with van der Waals surface area (Å²) in [4.78, 5) is 59.4. The summed E-state index contributed by atoms with van der Waals surface area (Å²) in [7, 11) is 0. The maximum absolute atomic E-state index is 14.8. The van der Waals surface area contributed by atoms with Crippen LogP contribution in [-0.2, 0) is 28.7 Å². The molecular weight excluding hydrogens is 678 g/mol. The first-order valence-electron chi connectivity index (χ1n) is 17.3. The first-order valence-corrected chi connectivity index (χ1v) is 18.2. The Morgan fingerprint density at radius 1 is 1.21 bits per heavy atom. The van der Waals surface area contributed by atoms with Crippen LogP contribution in [0.3, 0.4) is 0 Å². The molecule has 264 valence electrons. The molecule has 0 aromatic heterocycles. The third-order valence-electron chi connectivity index (χ3n) is 10.4. The number of nitrogens with one attached hydrogen (secondary N) is 1. The zero-order valence-corrected chi connectivity index (χ0v) is 30.3. The predicted molar refractivity (Wildman–Crippen MR) is 187 cm³/mol. The molecule has 10 atom stereocenters. The van der Waals surface area contributed by atoms with Gasteiger partial charge >= 0.3 is 5.97 Å². The highest BCUT2D eigenvalue weighted by Crippen LogP contribution is 2.61. The number of alkyl halides is 1. The standard InChI is InChI=1S/C37H52BrN3O7/c1-7-11-18-29(43)47-22-27(25-16-13-12-14-17-25)39-34(44)30-31-35(45)41(28(21-42)23(5)10-4)33(37(31)20-26(38)32(30)48-37)36(46)40(19-9-3)24(6)15-8-2/h7,9,12-14,16-17,23-24,26-28,30-33,42H,1,3,8,10-11,15,18-22H2,2,4-6H3,(H,39,44)/t23-,24?,26?,27-,28-,30+,31-,32+,33+,37-/m0/s1. The molecule has 2 unspecified atom stereocenters. The number of benzene rings is 1. The minimum Gasteiger partial charge on any atom is -0.463 e. The Morgan fingerprint density at radius 3 is 2.52 bits per heavy atom. The van der Waals surface area contributed by atoms with E-state index in [9.17, 15) is 24.3 Å².